The summed E-state index contributed by atoms with van der Waals surface area (Å²) < 4.78 is 5.92. The average molecular weight is 228 g/mol. The van der Waals surface area contributed by atoms with Crippen LogP contribution in [0.15, 0.2) is 0 Å². The minimum atomic E-state index is 0.108. The van der Waals surface area contributed by atoms with E-state index in [0.717, 1.165) is 13.1 Å². The SMILES string of the molecule is CN(C)CCCCNCC1CCC(C)(C)O1. The van der Waals surface area contributed by atoms with E-state index in [-0.39, 0.29) is 5.60 Å². The molecule has 0 radical (unpaired) electrons. The normalized spacial score (nSPS) is 24.2. The maximum absolute atomic E-state index is 5.92. The molecule has 1 unspecified atom stereocenters. The third kappa shape index (κ3) is 5.83. The first kappa shape index (κ1) is 13.9. The summed E-state index contributed by atoms with van der Waals surface area (Å²) in [7, 11) is 4.25. The molecule has 0 amide bonds. The molecular formula is C13H28N2O. The Morgan fingerprint density at radius 2 is 2.06 bits per heavy atom. The van der Waals surface area contributed by atoms with Crippen molar-refractivity contribution < 1.29 is 4.74 Å². The van der Waals surface area contributed by atoms with E-state index < -0.39 is 0 Å². The van der Waals surface area contributed by atoms with Crippen molar-refractivity contribution in [3.05, 3.63) is 0 Å². The molecule has 3 nitrogen and oxygen atoms in total. The van der Waals surface area contributed by atoms with Crippen molar-refractivity contribution in [2.45, 2.75) is 51.2 Å². The van der Waals surface area contributed by atoms with Crippen molar-refractivity contribution in [3.8, 4) is 0 Å². The Labute approximate surface area is 101 Å². The van der Waals surface area contributed by atoms with Crippen LogP contribution >= 0.6 is 0 Å². The van der Waals surface area contributed by atoms with Crippen LogP contribution in [0.5, 0.6) is 0 Å². The van der Waals surface area contributed by atoms with Gasteiger partial charge in [0.15, 0.2) is 0 Å². The fourth-order valence-electron chi connectivity index (χ4n) is 2.16. The summed E-state index contributed by atoms with van der Waals surface area (Å²) in [5.74, 6) is 0. The van der Waals surface area contributed by atoms with Gasteiger partial charge in [0.2, 0.25) is 0 Å². The van der Waals surface area contributed by atoms with Gasteiger partial charge in [0, 0.05) is 6.54 Å². The van der Waals surface area contributed by atoms with Crippen LogP contribution in [-0.4, -0.2) is 50.3 Å². The zero-order valence-corrected chi connectivity index (χ0v) is 11.4. The zero-order chi connectivity index (χ0) is 12.0. The van der Waals surface area contributed by atoms with Crippen LogP contribution in [0.2, 0.25) is 0 Å². The lowest BCUT2D eigenvalue weighted by Crippen LogP contribution is -2.30. The zero-order valence-electron chi connectivity index (χ0n) is 11.4. The van der Waals surface area contributed by atoms with Gasteiger partial charge in [0.1, 0.15) is 0 Å². The molecular weight excluding hydrogens is 200 g/mol. The Hall–Kier alpha value is -0.120. The molecule has 1 fully saturated rings. The fourth-order valence-corrected chi connectivity index (χ4v) is 2.16. The molecule has 0 spiro atoms. The third-order valence-corrected chi connectivity index (χ3v) is 3.13. The van der Waals surface area contributed by atoms with Gasteiger partial charge < -0.3 is 15.0 Å². The molecule has 0 aromatic rings. The molecule has 1 rings (SSSR count). The Morgan fingerprint density at radius 3 is 2.62 bits per heavy atom. The van der Waals surface area contributed by atoms with Gasteiger partial charge in [-0.3, -0.25) is 0 Å². The molecule has 1 aliphatic heterocycles. The van der Waals surface area contributed by atoms with Gasteiger partial charge in [-0.25, -0.2) is 0 Å². The summed E-state index contributed by atoms with van der Waals surface area (Å²) in [6, 6.07) is 0. The van der Waals surface area contributed by atoms with Crippen LogP contribution in [0.3, 0.4) is 0 Å². The lowest BCUT2D eigenvalue weighted by molar-refractivity contribution is -0.0141. The highest BCUT2D eigenvalue weighted by atomic mass is 16.5. The lowest BCUT2D eigenvalue weighted by atomic mass is 10.1. The molecule has 16 heavy (non-hydrogen) atoms. The Kier molecular flexibility index (Phi) is 5.73. The van der Waals surface area contributed by atoms with E-state index in [2.05, 4.69) is 38.2 Å². The highest BCUT2D eigenvalue weighted by Gasteiger charge is 2.30. The Morgan fingerprint density at radius 1 is 1.31 bits per heavy atom. The van der Waals surface area contributed by atoms with Gasteiger partial charge in [0.05, 0.1) is 11.7 Å². The van der Waals surface area contributed by atoms with Gasteiger partial charge in [-0.2, -0.15) is 0 Å². The largest absolute Gasteiger partial charge is 0.371 e. The van der Waals surface area contributed by atoms with Crippen LogP contribution in [0, 0.1) is 0 Å². The first-order chi connectivity index (χ1) is 7.49. The number of ether oxygens (including phenoxy) is 1. The van der Waals surface area contributed by atoms with Crippen molar-refractivity contribution in [1.82, 2.24) is 10.2 Å². The highest BCUT2D eigenvalue weighted by molar-refractivity contribution is 4.81. The quantitative estimate of drug-likeness (QED) is 0.673. The number of rotatable bonds is 7. The summed E-state index contributed by atoms with van der Waals surface area (Å²) in [4.78, 5) is 2.24. The minimum absolute atomic E-state index is 0.108. The molecule has 96 valence electrons. The van der Waals surface area contributed by atoms with Crippen molar-refractivity contribution in [2.24, 2.45) is 0 Å². The van der Waals surface area contributed by atoms with Gasteiger partial charge in [-0.15, -0.1) is 0 Å². The van der Waals surface area contributed by atoms with Gasteiger partial charge in [0.25, 0.3) is 0 Å². The monoisotopic (exact) mass is 228 g/mol. The molecule has 0 aliphatic carbocycles. The van der Waals surface area contributed by atoms with E-state index >= 15 is 0 Å². The van der Waals surface area contributed by atoms with E-state index in [9.17, 15) is 0 Å². The fraction of sp³-hybridized carbons (Fsp3) is 1.00. The second-order valence-corrected chi connectivity index (χ2v) is 5.75. The predicted molar refractivity (Wildman–Crippen MR) is 68.8 cm³/mol. The molecule has 0 bridgehead atoms. The second-order valence-electron chi connectivity index (χ2n) is 5.75. The maximum atomic E-state index is 5.92. The van der Waals surface area contributed by atoms with E-state index in [4.69, 9.17) is 4.74 Å². The molecule has 0 saturated carbocycles. The summed E-state index contributed by atoms with van der Waals surface area (Å²) in [5, 5.41) is 3.50. The molecule has 1 atom stereocenters. The topological polar surface area (TPSA) is 24.5 Å². The number of unbranched alkanes of at least 4 members (excludes halogenated alkanes) is 1. The van der Waals surface area contributed by atoms with Gasteiger partial charge in [-0.05, 0) is 66.7 Å². The third-order valence-electron chi connectivity index (χ3n) is 3.13. The maximum Gasteiger partial charge on any atom is 0.0707 e. The molecule has 0 aromatic heterocycles. The summed E-state index contributed by atoms with van der Waals surface area (Å²) >= 11 is 0. The van der Waals surface area contributed by atoms with Crippen LogP contribution in [0.4, 0.5) is 0 Å². The van der Waals surface area contributed by atoms with E-state index in [1.54, 1.807) is 0 Å². The van der Waals surface area contributed by atoms with Crippen LogP contribution in [0.1, 0.15) is 39.5 Å². The standard InChI is InChI=1S/C13H28N2O/c1-13(2)8-7-12(16-13)11-14-9-5-6-10-15(3)4/h12,14H,5-11H2,1-4H3. The van der Waals surface area contributed by atoms with E-state index in [1.807, 2.05) is 0 Å². The number of hydrogen-bond donors (Lipinski definition) is 1. The molecule has 1 saturated heterocycles. The van der Waals surface area contributed by atoms with Crippen LogP contribution in [0.25, 0.3) is 0 Å². The van der Waals surface area contributed by atoms with Crippen molar-refractivity contribution in [2.75, 3.05) is 33.7 Å². The predicted octanol–water partition coefficient (Wildman–Crippen LogP) is 1.88. The van der Waals surface area contributed by atoms with E-state index in [1.165, 1.54) is 32.2 Å². The Balaban J connectivity index is 1.92. The van der Waals surface area contributed by atoms with Crippen molar-refractivity contribution in [3.63, 3.8) is 0 Å². The molecule has 0 aromatic carbocycles. The lowest BCUT2D eigenvalue weighted by Gasteiger charge is -2.19. The number of nitrogens with one attached hydrogen (secondary N) is 1. The second kappa shape index (κ2) is 6.58. The van der Waals surface area contributed by atoms with Crippen molar-refractivity contribution in [1.29, 1.82) is 0 Å². The minimum Gasteiger partial charge on any atom is -0.371 e. The van der Waals surface area contributed by atoms with Gasteiger partial charge in [-0.1, -0.05) is 0 Å². The first-order valence-electron chi connectivity index (χ1n) is 6.53. The molecule has 3 heteroatoms. The number of hydrogen-bond acceptors (Lipinski definition) is 3. The molecule has 1 heterocycles. The number of nitrogens with zero attached hydrogens (tertiary/aromatic N) is 1. The molecule has 1 N–H and O–H groups in total. The smallest absolute Gasteiger partial charge is 0.0707 e. The Bertz CT molecular complexity index is 192. The summed E-state index contributed by atoms with van der Waals surface area (Å²) in [6.07, 6.45) is 5.37. The van der Waals surface area contributed by atoms with E-state index in [0.29, 0.717) is 6.10 Å². The van der Waals surface area contributed by atoms with Crippen molar-refractivity contribution >= 4 is 0 Å². The average Bonchev–Trinajstić information content (AvgIpc) is 2.51. The first-order valence-corrected chi connectivity index (χ1v) is 6.53. The summed E-state index contributed by atoms with van der Waals surface area (Å²) in [5.41, 5.74) is 0.108. The van der Waals surface area contributed by atoms with Gasteiger partial charge >= 0.3 is 0 Å². The molecule has 1 aliphatic rings. The van der Waals surface area contributed by atoms with Crippen LogP contribution < -0.4 is 5.32 Å². The summed E-state index contributed by atoms with van der Waals surface area (Å²) in [6.45, 7) is 7.70. The van der Waals surface area contributed by atoms with Crippen LogP contribution in [-0.2, 0) is 4.74 Å². The highest BCUT2D eigenvalue weighted by Crippen LogP contribution is 2.28.